The average Bonchev–Trinajstić information content (AvgIpc) is 2.41. The van der Waals surface area contributed by atoms with E-state index in [1.165, 1.54) is 12.1 Å². The molecule has 0 unspecified atom stereocenters. The van der Waals surface area contributed by atoms with Crippen molar-refractivity contribution in [2.45, 2.75) is 0 Å². The molecule has 0 bridgehead atoms. The normalized spacial score (nSPS) is 10.3. The summed E-state index contributed by atoms with van der Waals surface area (Å²) in [4.78, 5) is 0. The van der Waals surface area contributed by atoms with E-state index in [-0.39, 0.29) is 5.02 Å². The molecule has 0 aliphatic carbocycles. The third-order valence-electron chi connectivity index (χ3n) is 2.44. The number of nitrogens with one attached hydrogen (secondary N) is 1. The van der Waals surface area contributed by atoms with Crippen LogP contribution in [0.15, 0.2) is 46.9 Å². The molecule has 0 aliphatic heterocycles. The molecule has 5 heteroatoms. The van der Waals surface area contributed by atoms with E-state index >= 15 is 0 Å². The van der Waals surface area contributed by atoms with Crippen molar-refractivity contribution < 1.29 is 9.13 Å². The summed E-state index contributed by atoms with van der Waals surface area (Å²) in [5.41, 5.74) is 1.02. The highest BCUT2D eigenvalue weighted by atomic mass is 79.9. The predicted octanol–water partition coefficient (Wildman–Crippen LogP) is 4.73. The van der Waals surface area contributed by atoms with Crippen molar-refractivity contribution in [1.29, 1.82) is 0 Å². The molecule has 0 aromatic heterocycles. The molecule has 0 aliphatic rings. The standard InChI is InChI=1S/C14H12BrClFNO/c15-11-8-12(16)13(17)9-14(11)19-7-6-18-10-4-2-1-3-5-10/h1-5,8-9,18H,6-7H2. The molecule has 2 aromatic rings. The topological polar surface area (TPSA) is 21.3 Å². The van der Waals surface area contributed by atoms with Gasteiger partial charge in [-0.1, -0.05) is 29.8 Å². The second-order valence-corrected chi connectivity index (χ2v) is 5.10. The van der Waals surface area contributed by atoms with Gasteiger partial charge >= 0.3 is 0 Å². The van der Waals surface area contributed by atoms with Crippen molar-refractivity contribution in [3.63, 3.8) is 0 Å². The second kappa shape index (κ2) is 6.78. The summed E-state index contributed by atoms with van der Waals surface area (Å²) in [5.74, 6) is -0.0485. The number of hydrogen-bond donors (Lipinski definition) is 1. The number of anilines is 1. The van der Waals surface area contributed by atoms with E-state index in [9.17, 15) is 4.39 Å². The monoisotopic (exact) mass is 343 g/mol. The summed E-state index contributed by atoms with van der Waals surface area (Å²) in [6.45, 7) is 1.05. The molecule has 100 valence electrons. The van der Waals surface area contributed by atoms with Crippen LogP contribution in [0.4, 0.5) is 10.1 Å². The summed E-state index contributed by atoms with van der Waals surface area (Å²) >= 11 is 8.94. The first-order chi connectivity index (χ1) is 9.16. The molecule has 0 saturated heterocycles. The zero-order valence-corrected chi connectivity index (χ0v) is 12.3. The van der Waals surface area contributed by atoms with Gasteiger partial charge in [0.1, 0.15) is 18.2 Å². The van der Waals surface area contributed by atoms with Gasteiger partial charge in [0.25, 0.3) is 0 Å². The van der Waals surface area contributed by atoms with Crippen LogP contribution >= 0.6 is 27.5 Å². The van der Waals surface area contributed by atoms with Crippen molar-refractivity contribution in [2.75, 3.05) is 18.5 Å². The average molecular weight is 345 g/mol. The van der Waals surface area contributed by atoms with Crippen molar-refractivity contribution in [3.05, 3.63) is 57.8 Å². The Labute approximate surface area is 124 Å². The first-order valence-corrected chi connectivity index (χ1v) is 6.90. The number of rotatable bonds is 5. The summed E-state index contributed by atoms with van der Waals surface area (Å²) in [6, 6.07) is 12.6. The maximum atomic E-state index is 13.3. The highest BCUT2D eigenvalue weighted by Crippen LogP contribution is 2.30. The Hall–Kier alpha value is -1.26. The zero-order chi connectivity index (χ0) is 13.7. The fourth-order valence-electron chi connectivity index (χ4n) is 1.53. The van der Waals surface area contributed by atoms with E-state index in [0.717, 1.165) is 5.69 Å². The van der Waals surface area contributed by atoms with Crippen molar-refractivity contribution in [3.8, 4) is 5.75 Å². The van der Waals surface area contributed by atoms with E-state index in [1.54, 1.807) is 0 Å². The minimum Gasteiger partial charge on any atom is -0.490 e. The van der Waals surface area contributed by atoms with Crippen molar-refractivity contribution in [1.82, 2.24) is 0 Å². The number of ether oxygens (including phenoxy) is 1. The molecular weight excluding hydrogens is 333 g/mol. The minimum atomic E-state index is -0.490. The van der Waals surface area contributed by atoms with Gasteiger partial charge in [0, 0.05) is 18.3 Å². The number of halogens is 3. The molecule has 19 heavy (non-hydrogen) atoms. The molecule has 0 amide bonds. The van der Waals surface area contributed by atoms with Gasteiger partial charge in [-0.2, -0.15) is 0 Å². The van der Waals surface area contributed by atoms with E-state index in [1.807, 2.05) is 30.3 Å². The number of benzene rings is 2. The molecular formula is C14H12BrClFNO. The van der Waals surface area contributed by atoms with E-state index in [2.05, 4.69) is 21.2 Å². The zero-order valence-electron chi connectivity index (χ0n) is 10.00. The lowest BCUT2D eigenvalue weighted by Gasteiger charge is -2.10. The quantitative estimate of drug-likeness (QED) is 0.625. The lowest BCUT2D eigenvalue weighted by atomic mass is 10.3. The number of para-hydroxylation sites is 1. The molecule has 2 nitrogen and oxygen atoms in total. The lowest BCUT2D eigenvalue weighted by Crippen LogP contribution is -2.11. The third kappa shape index (κ3) is 4.11. The maximum Gasteiger partial charge on any atom is 0.145 e. The molecule has 2 rings (SSSR count). The first kappa shape index (κ1) is 14.2. The highest BCUT2D eigenvalue weighted by Gasteiger charge is 2.07. The molecule has 0 saturated carbocycles. The van der Waals surface area contributed by atoms with Crippen LogP contribution in [0.1, 0.15) is 0 Å². The van der Waals surface area contributed by atoms with Crippen LogP contribution in [-0.2, 0) is 0 Å². The summed E-state index contributed by atoms with van der Waals surface area (Å²) in [5, 5.41) is 3.27. The van der Waals surface area contributed by atoms with Gasteiger partial charge < -0.3 is 10.1 Å². The minimum absolute atomic E-state index is 0.0710. The fraction of sp³-hybridized carbons (Fsp3) is 0.143. The Balaban J connectivity index is 1.85. The molecule has 0 heterocycles. The van der Waals surface area contributed by atoms with Gasteiger partial charge in [-0.25, -0.2) is 4.39 Å². The number of hydrogen-bond acceptors (Lipinski definition) is 2. The molecule has 2 aromatic carbocycles. The Kier molecular flexibility index (Phi) is 5.05. The van der Waals surface area contributed by atoms with Crippen molar-refractivity contribution in [2.24, 2.45) is 0 Å². The van der Waals surface area contributed by atoms with Gasteiger partial charge in [-0.3, -0.25) is 0 Å². The van der Waals surface area contributed by atoms with Crippen LogP contribution in [0.2, 0.25) is 5.02 Å². The fourth-order valence-corrected chi connectivity index (χ4v) is 2.28. The smallest absolute Gasteiger partial charge is 0.145 e. The Bertz CT molecular complexity index is 551. The van der Waals surface area contributed by atoms with E-state index in [4.69, 9.17) is 16.3 Å². The summed E-state index contributed by atoms with van der Waals surface area (Å²) in [7, 11) is 0. The van der Waals surface area contributed by atoms with Gasteiger partial charge in [-0.15, -0.1) is 0 Å². The van der Waals surface area contributed by atoms with Crippen LogP contribution in [0.25, 0.3) is 0 Å². The molecule has 0 spiro atoms. The van der Waals surface area contributed by atoms with Crippen LogP contribution < -0.4 is 10.1 Å². The maximum absolute atomic E-state index is 13.3. The Morgan fingerprint density at radius 1 is 1.21 bits per heavy atom. The van der Waals surface area contributed by atoms with E-state index < -0.39 is 5.82 Å². The highest BCUT2D eigenvalue weighted by molar-refractivity contribution is 9.10. The van der Waals surface area contributed by atoms with Crippen LogP contribution in [0, 0.1) is 5.82 Å². The van der Waals surface area contributed by atoms with Crippen LogP contribution in [-0.4, -0.2) is 13.2 Å². The second-order valence-electron chi connectivity index (χ2n) is 3.84. The molecule has 1 N–H and O–H groups in total. The lowest BCUT2D eigenvalue weighted by molar-refractivity contribution is 0.329. The summed E-state index contributed by atoms with van der Waals surface area (Å²) < 4.78 is 19.4. The summed E-state index contributed by atoms with van der Waals surface area (Å²) in [6.07, 6.45) is 0. The largest absolute Gasteiger partial charge is 0.490 e. The van der Waals surface area contributed by atoms with Gasteiger partial charge in [0.05, 0.1) is 9.50 Å². The third-order valence-corrected chi connectivity index (χ3v) is 3.35. The predicted molar refractivity (Wildman–Crippen MR) is 79.5 cm³/mol. The first-order valence-electron chi connectivity index (χ1n) is 5.73. The van der Waals surface area contributed by atoms with Crippen molar-refractivity contribution >= 4 is 33.2 Å². The van der Waals surface area contributed by atoms with E-state index in [0.29, 0.717) is 23.4 Å². The van der Waals surface area contributed by atoms with Crippen LogP contribution in [0.5, 0.6) is 5.75 Å². The molecule has 0 radical (unpaired) electrons. The van der Waals surface area contributed by atoms with Gasteiger partial charge in [-0.05, 0) is 34.1 Å². The SMILES string of the molecule is Fc1cc(OCCNc2ccccc2)c(Br)cc1Cl. The van der Waals surface area contributed by atoms with Gasteiger partial charge in [0.15, 0.2) is 0 Å². The van der Waals surface area contributed by atoms with Gasteiger partial charge in [0.2, 0.25) is 0 Å². The Morgan fingerprint density at radius 3 is 2.68 bits per heavy atom. The van der Waals surface area contributed by atoms with Crippen LogP contribution in [0.3, 0.4) is 0 Å². The Morgan fingerprint density at radius 2 is 1.95 bits per heavy atom. The molecule has 0 fully saturated rings. The molecule has 0 atom stereocenters.